The summed E-state index contributed by atoms with van der Waals surface area (Å²) in [5.74, 6) is 1.20. The Hall–Kier alpha value is -3.15. The second-order valence-electron chi connectivity index (χ2n) is 5.38. The molecular formula is C18H18N4O2. The van der Waals surface area contributed by atoms with Crippen molar-refractivity contribution in [1.82, 2.24) is 15.2 Å². The molecule has 2 aromatic heterocycles. The minimum Gasteiger partial charge on any atom is -0.497 e. The lowest BCUT2D eigenvalue weighted by molar-refractivity contribution is -0.115. The number of ether oxygens (including phenoxy) is 1. The number of rotatable bonds is 5. The van der Waals surface area contributed by atoms with Crippen molar-refractivity contribution in [3.63, 3.8) is 0 Å². The fourth-order valence-electron chi connectivity index (χ4n) is 2.42. The number of nitrogens with zero attached hydrogens (tertiary/aromatic N) is 2. The van der Waals surface area contributed by atoms with Crippen LogP contribution in [-0.2, 0) is 11.2 Å². The van der Waals surface area contributed by atoms with Crippen LogP contribution in [0.2, 0.25) is 0 Å². The van der Waals surface area contributed by atoms with Gasteiger partial charge in [0.2, 0.25) is 5.91 Å². The van der Waals surface area contributed by atoms with Crippen LogP contribution in [0.5, 0.6) is 5.75 Å². The molecule has 1 aromatic carbocycles. The third kappa shape index (κ3) is 3.43. The van der Waals surface area contributed by atoms with E-state index in [9.17, 15) is 4.79 Å². The normalized spacial score (nSPS) is 10.4. The molecular weight excluding hydrogens is 304 g/mol. The van der Waals surface area contributed by atoms with Gasteiger partial charge in [0.25, 0.3) is 0 Å². The maximum atomic E-state index is 12.2. The zero-order valence-corrected chi connectivity index (χ0v) is 13.5. The molecule has 2 N–H and O–H groups in total. The van der Waals surface area contributed by atoms with E-state index in [-0.39, 0.29) is 12.3 Å². The van der Waals surface area contributed by atoms with Gasteiger partial charge in [0.15, 0.2) is 5.82 Å². The Balaban J connectivity index is 1.69. The van der Waals surface area contributed by atoms with Crippen molar-refractivity contribution in [2.45, 2.75) is 13.3 Å². The number of amides is 1. The van der Waals surface area contributed by atoms with Crippen molar-refractivity contribution in [2.75, 3.05) is 12.4 Å². The number of aromatic amines is 1. The third-order valence-electron chi connectivity index (χ3n) is 3.76. The third-order valence-corrected chi connectivity index (χ3v) is 3.76. The standard InChI is InChI=1S/C18H18N4O2/c1-12-17(14-7-9-19-10-8-14)21-22-18(12)20-16(23)11-13-3-5-15(24-2)6-4-13/h3-10H,11H2,1-2H3,(H2,20,21,22,23). The van der Waals surface area contributed by atoms with Crippen LogP contribution in [-0.4, -0.2) is 28.2 Å². The summed E-state index contributed by atoms with van der Waals surface area (Å²) in [4.78, 5) is 16.2. The summed E-state index contributed by atoms with van der Waals surface area (Å²) < 4.78 is 5.11. The second kappa shape index (κ2) is 6.95. The zero-order valence-electron chi connectivity index (χ0n) is 13.5. The van der Waals surface area contributed by atoms with Crippen LogP contribution in [0.1, 0.15) is 11.1 Å². The van der Waals surface area contributed by atoms with Crippen molar-refractivity contribution < 1.29 is 9.53 Å². The molecule has 122 valence electrons. The molecule has 0 bridgehead atoms. The predicted molar refractivity (Wildman–Crippen MR) is 91.9 cm³/mol. The first-order chi connectivity index (χ1) is 11.7. The Morgan fingerprint density at radius 3 is 2.54 bits per heavy atom. The van der Waals surface area contributed by atoms with Crippen molar-refractivity contribution in [1.29, 1.82) is 0 Å². The molecule has 1 amide bonds. The highest BCUT2D eigenvalue weighted by Crippen LogP contribution is 2.25. The van der Waals surface area contributed by atoms with Crippen LogP contribution in [0.3, 0.4) is 0 Å². The van der Waals surface area contributed by atoms with Gasteiger partial charge in [-0.05, 0) is 36.8 Å². The molecule has 0 fully saturated rings. The maximum Gasteiger partial charge on any atom is 0.230 e. The number of benzene rings is 1. The van der Waals surface area contributed by atoms with Gasteiger partial charge in [-0.2, -0.15) is 5.10 Å². The van der Waals surface area contributed by atoms with Crippen LogP contribution in [0.4, 0.5) is 5.82 Å². The van der Waals surface area contributed by atoms with E-state index >= 15 is 0 Å². The molecule has 0 aliphatic carbocycles. The number of nitrogens with one attached hydrogen (secondary N) is 2. The molecule has 6 nitrogen and oxygen atoms in total. The molecule has 0 saturated heterocycles. The quantitative estimate of drug-likeness (QED) is 0.757. The van der Waals surface area contributed by atoms with Gasteiger partial charge in [0.1, 0.15) is 5.75 Å². The van der Waals surface area contributed by atoms with Gasteiger partial charge in [-0.1, -0.05) is 12.1 Å². The van der Waals surface area contributed by atoms with E-state index < -0.39 is 0 Å². The van der Waals surface area contributed by atoms with Crippen LogP contribution in [0.25, 0.3) is 11.3 Å². The molecule has 0 radical (unpaired) electrons. The summed E-state index contributed by atoms with van der Waals surface area (Å²) >= 11 is 0. The molecule has 3 aromatic rings. The SMILES string of the molecule is COc1ccc(CC(=O)Nc2n[nH]c(-c3ccncc3)c2C)cc1. The van der Waals surface area contributed by atoms with E-state index in [1.807, 2.05) is 43.3 Å². The largest absolute Gasteiger partial charge is 0.497 e. The lowest BCUT2D eigenvalue weighted by atomic mass is 10.1. The molecule has 0 atom stereocenters. The second-order valence-corrected chi connectivity index (χ2v) is 5.38. The fraction of sp³-hybridized carbons (Fsp3) is 0.167. The number of hydrogen-bond acceptors (Lipinski definition) is 4. The molecule has 3 rings (SSSR count). The predicted octanol–water partition coefficient (Wildman–Crippen LogP) is 2.97. The molecule has 0 saturated carbocycles. The summed E-state index contributed by atoms with van der Waals surface area (Å²) in [6.07, 6.45) is 3.72. The molecule has 0 aliphatic heterocycles. The average Bonchev–Trinajstić information content (AvgIpc) is 2.97. The van der Waals surface area contributed by atoms with E-state index in [4.69, 9.17) is 4.74 Å². The van der Waals surface area contributed by atoms with Crippen molar-refractivity contribution in [3.05, 3.63) is 59.9 Å². The molecule has 6 heteroatoms. The van der Waals surface area contributed by atoms with Gasteiger partial charge in [-0.15, -0.1) is 0 Å². The first kappa shape index (κ1) is 15.7. The number of hydrogen-bond donors (Lipinski definition) is 2. The highest BCUT2D eigenvalue weighted by molar-refractivity contribution is 5.92. The number of carbonyl (C=O) groups is 1. The van der Waals surface area contributed by atoms with Crippen molar-refractivity contribution in [2.24, 2.45) is 0 Å². The maximum absolute atomic E-state index is 12.2. The van der Waals surface area contributed by atoms with E-state index in [0.717, 1.165) is 28.1 Å². The molecule has 0 aliphatic rings. The lowest BCUT2D eigenvalue weighted by Gasteiger charge is -2.05. The smallest absolute Gasteiger partial charge is 0.230 e. The van der Waals surface area contributed by atoms with Crippen molar-refractivity contribution >= 4 is 11.7 Å². The number of carbonyl (C=O) groups excluding carboxylic acids is 1. The number of anilines is 1. The van der Waals surface area contributed by atoms with Gasteiger partial charge in [0, 0.05) is 23.5 Å². The Morgan fingerprint density at radius 1 is 1.17 bits per heavy atom. The van der Waals surface area contributed by atoms with Gasteiger partial charge < -0.3 is 10.1 Å². The summed E-state index contributed by atoms with van der Waals surface area (Å²) in [5, 5.41) is 10.0. The monoisotopic (exact) mass is 322 g/mol. The summed E-state index contributed by atoms with van der Waals surface area (Å²) in [5.41, 5.74) is 3.66. The van der Waals surface area contributed by atoms with E-state index in [1.165, 1.54) is 0 Å². The first-order valence-electron chi connectivity index (χ1n) is 7.55. The Kier molecular flexibility index (Phi) is 4.56. The summed E-state index contributed by atoms with van der Waals surface area (Å²) in [7, 11) is 1.61. The van der Waals surface area contributed by atoms with Crippen LogP contribution in [0.15, 0.2) is 48.8 Å². The number of H-pyrrole nitrogens is 1. The van der Waals surface area contributed by atoms with E-state index in [0.29, 0.717) is 5.82 Å². The minimum atomic E-state index is -0.115. The van der Waals surface area contributed by atoms with Gasteiger partial charge in [-0.25, -0.2) is 0 Å². The van der Waals surface area contributed by atoms with Gasteiger partial charge >= 0.3 is 0 Å². The Labute approximate surface area is 139 Å². The van der Waals surface area contributed by atoms with Crippen LogP contribution < -0.4 is 10.1 Å². The molecule has 2 heterocycles. The number of pyridine rings is 1. The Morgan fingerprint density at radius 2 is 1.88 bits per heavy atom. The molecule has 24 heavy (non-hydrogen) atoms. The minimum absolute atomic E-state index is 0.115. The van der Waals surface area contributed by atoms with Gasteiger partial charge in [0.05, 0.1) is 19.2 Å². The summed E-state index contributed by atoms with van der Waals surface area (Å²) in [6.45, 7) is 1.92. The summed E-state index contributed by atoms with van der Waals surface area (Å²) in [6, 6.07) is 11.2. The Bertz CT molecular complexity index is 826. The van der Waals surface area contributed by atoms with E-state index in [1.54, 1.807) is 19.5 Å². The fourth-order valence-corrected chi connectivity index (χ4v) is 2.42. The number of methoxy groups -OCH3 is 1. The zero-order chi connectivity index (χ0) is 16.9. The van der Waals surface area contributed by atoms with Gasteiger partial charge in [-0.3, -0.25) is 14.9 Å². The molecule has 0 spiro atoms. The highest BCUT2D eigenvalue weighted by atomic mass is 16.5. The molecule has 0 unspecified atom stereocenters. The average molecular weight is 322 g/mol. The first-order valence-corrected chi connectivity index (χ1v) is 7.55. The lowest BCUT2D eigenvalue weighted by Crippen LogP contribution is -2.15. The van der Waals surface area contributed by atoms with Crippen LogP contribution in [0, 0.1) is 6.92 Å². The topological polar surface area (TPSA) is 79.9 Å². The van der Waals surface area contributed by atoms with Crippen molar-refractivity contribution in [3.8, 4) is 17.0 Å². The highest BCUT2D eigenvalue weighted by Gasteiger charge is 2.13. The van der Waals surface area contributed by atoms with E-state index in [2.05, 4.69) is 20.5 Å². The number of aromatic nitrogens is 3. The van der Waals surface area contributed by atoms with Crippen LogP contribution >= 0.6 is 0 Å².